The normalized spacial score (nSPS) is 29.4. The van der Waals surface area contributed by atoms with Crippen LogP contribution in [-0.4, -0.2) is 18.8 Å². The highest BCUT2D eigenvalue weighted by molar-refractivity contribution is 5.61. The van der Waals surface area contributed by atoms with Gasteiger partial charge in [0, 0.05) is 0 Å². The number of hydrogen-bond donors (Lipinski definition) is 1. The minimum atomic E-state index is 0.171. The van der Waals surface area contributed by atoms with Crippen molar-refractivity contribution in [2.45, 2.75) is 25.0 Å². The van der Waals surface area contributed by atoms with Gasteiger partial charge in [-0.05, 0) is 25.0 Å². The molecule has 0 spiro atoms. The summed E-state index contributed by atoms with van der Waals surface area (Å²) in [7, 11) is 0. The van der Waals surface area contributed by atoms with Crippen LogP contribution in [0.15, 0.2) is 24.3 Å². The Kier molecular flexibility index (Phi) is 1.67. The van der Waals surface area contributed by atoms with E-state index in [0.717, 1.165) is 30.9 Å². The van der Waals surface area contributed by atoms with Gasteiger partial charge < -0.3 is 15.4 Å². The van der Waals surface area contributed by atoms with E-state index in [9.17, 15) is 0 Å². The van der Waals surface area contributed by atoms with Gasteiger partial charge in [-0.2, -0.15) is 0 Å². The first-order valence-corrected chi connectivity index (χ1v) is 5.12. The Morgan fingerprint density at radius 2 is 2.14 bits per heavy atom. The van der Waals surface area contributed by atoms with Crippen LogP contribution in [0.3, 0.4) is 0 Å². The lowest BCUT2D eigenvalue weighted by molar-refractivity contribution is 0.269. The van der Waals surface area contributed by atoms with Crippen molar-refractivity contribution in [2.24, 2.45) is 5.73 Å². The smallest absolute Gasteiger partial charge is 0.142 e. The first-order chi connectivity index (χ1) is 6.86. The van der Waals surface area contributed by atoms with Gasteiger partial charge in [-0.1, -0.05) is 12.1 Å². The number of hydrogen-bond acceptors (Lipinski definition) is 3. The molecule has 1 aromatic rings. The molecule has 1 aromatic carbocycles. The SMILES string of the molecule is NC1CCC2COc3ccccc3N12. The first-order valence-electron chi connectivity index (χ1n) is 5.12. The van der Waals surface area contributed by atoms with Gasteiger partial charge in [0.25, 0.3) is 0 Å². The fraction of sp³-hybridized carbons (Fsp3) is 0.455. The van der Waals surface area contributed by atoms with Crippen molar-refractivity contribution < 1.29 is 4.74 Å². The van der Waals surface area contributed by atoms with E-state index in [4.69, 9.17) is 10.5 Å². The predicted octanol–water partition coefficient (Wildman–Crippen LogP) is 1.33. The van der Waals surface area contributed by atoms with Crippen molar-refractivity contribution >= 4 is 5.69 Å². The number of anilines is 1. The third-order valence-corrected chi connectivity index (χ3v) is 3.12. The Labute approximate surface area is 83.5 Å². The number of rotatable bonds is 0. The van der Waals surface area contributed by atoms with E-state index in [0.29, 0.717) is 6.04 Å². The summed E-state index contributed by atoms with van der Waals surface area (Å²) in [5.41, 5.74) is 7.24. The Hall–Kier alpha value is -1.22. The lowest BCUT2D eigenvalue weighted by Crippen LogP contribution is -2.46. The topological polar surface area (TPSA) is 38.5 Å². The third-order valence-electron chi connectivity index (χ3n) is 3.12. The average molecular weight is 190 g/mol. The molecule has 2 atom stereocenters. The van der Waals surface area contributed by atoms with Gasteiger partial charge in [-0.3, -0.25) is 0 Å². The molecule has 1 saturated heterocycles. The number of nitrogens with zero attached hydrogens (tertiary/aromatic N) is 1. The second-order valence-electron chi connectivity index (χ2n) is 3.98. The molecule has 0 aromatic heterocycles. The van der Waals surface area contributed by atoms with Crippen LogP contribution in [0.1, 0.15) is 12.8 Å². The van der Waals surface area contributed by atoms with Crippen molar-refractivity contribution in [3.63, 3.8) is 0 Å². The Morgan fingerprint density at radius 3 is 3.07 bits per heavy atom. The van der Waals surface area contributed by atoms with Crippen molar-refractivity contribution in [1.82, 2.24) is 0 Å². The molecule has 14 heavy (non-hydrogen) atoms. The van der Waals surface area contributed by atoms with E-state index in [1.807, 2.05) is 18.2 Å². The molecule has 2 heterocycles. The molecule has 3 heteroatoms. The molecule has 2 aliphatic heterocycles. The maximum absolute atomic E-state index is 6.07. The van der Waals surface area contributed by atoms with E-state index in [2.05, 4.69) is 11.0 Å². The number of fused-ring (bicyclic) bond motifs is 3. The van der Waals surface area contributed by atoms with Gasteiger partial charge in [0.1, 0.15) is 12.4 Å². The number of benzene rings is 1. The monoisotopic (exact) mass is 190 g/mol. The molecule has 0 radical (unpaired) electrons. The number of para-hydroxylation sites is 2. The van der Waals surface area contributed by atoms with Crippen LogP contribution in [-0.2, 0) is 0 Å². The summed E-state index contributed by atoms with van der Waals surface area (Å²) in [5, 5.41) is 0. The number of nitrogens with two attached hydrogens (primary N) is 1. The quantitative estimate of drug-likeness (QED) is 0.670. The lowest BCUT2D eigenvalue weighted by atomic mass is 10.2. The fourth-order valence-corrected chi connectivity index (χ4v) is 2.43. The molecule has 0 aliphatic carbocycles. The average Bonchev–Trinajstić information content (AvgIpc) is 2.61. The summed E-state index contributed by atoms with van der Waals surface area (Å²) in [6.45, 7) is 0.782. The highest BCUT2D eigenvalue weighted by Crippen LogP contribution is 2.38. The molecular formula is C11H14N2O. The molecule has 2 unspecified atom stereocenters. The zero-order chi connectivity index (χ0) is 9.54. The van der Waals surface area contributed by atoms with Crippen molar-refractivity contribution in [3.05, 3.63) is 24.3 Å². The van der Waals surface area contributed by atoms with E-state index in [-0.39, 0.29) is 6.17 Å². The van der Waals surface area contributed by atoms with Crippen LogP contribution in [0, 0.1) is 0 Å². The van der Waals surface area contributed by atoms with E-state index in [1.165, 1.54) is 0 Å². The molecule has 3 nitrogen and oxygen atoms in total. The fourth-order valence-electron chi connectivity index (χ4n) is 2.43. The Bertz CT molecular complexity index is 353. The summed E-state index contributed by atoms with van der Waals surface area (Å²) in [6.07, 6.45) is 2.39. The summed E-state index contributed by atoms with van der Waals surface area (Å²) >= 11 is 0. The van der Waals surface area contributed by atoms with Gasteiger partial charge >= 0.3 is 0 Å². The van der Waals surface area contributed by atoms with Crippen LogP contribution < -0.4 is 15.4 Å². The molecule has 2 aliphatic rings. The van der Waals surface area contributed by atoms with Crippen molar-refractivity contribution in [3.8, 4) is 5.75 Å². The van der Waals surface area contributed by atoms with Crippen molar-refractivity contribution in [1.29, 1.82) is 0 Å². The van der Waals surface area contributed by atoms with Crippen LogP contribution in [0.25, 0.3) is 0 Å². The Balaban J connectivity index is 2.07. The standard InChI is InChI=1S/C11H14N2O/c12-11-6-5-8-7-14-10-4-2-1-3-9(10)13(8)11/h1-4,8,11H,5-7,12H2. The third kappa shape index (κ3) is 1.02. The van der Waals surface area contributed by atoms with E-state index >= 15 is 0 Å². The molecule has 2 N–H and O–H groups in total. The van der Waals surface area contributed by atoms with Crippen LogP contribution in [0.5, 0.6) is 5.75 Å². The molecule has 74 valence electrons. The minimum absolute atomic E-state index is 0.171. The van der Waals surface area contributed by atoms with Gasteiger partial charge in [0.2, 0.25) is 0 Å². The van der Waals surface area contributed by atoms with Gasteiger partial charge in [-0.25, -0.2) is 0 Å². The molecular weight excluding hydrogens is 176 g/mol. The maximum atomic E-state index is 6.07. The molecule has 0 amide bonds. The van der Waals surface area contributed by atoms with Crippen LogP contribution in [0.2, 0.25) is 0 Å². The van der Waals surface area contributed by atoms with Crippen LogP contribution in [0.4, 0.5) is 5.69 Å². The highest BCUT2D eigenvalue weighted by Gasteiger charge is 2.36. The second-order valence-corrected chi connectivity index (χ2v) is 3.98. The Morgan fingerprint density at radius 1 is 1.29 bits per heavy atom. The van der Waals surface area contributed by atoms with Crippen molar-refractivity contribution in [2.75, 3.05) is 11.5 Å². The summed E-state index contributed by atoms with van der Waals surface area (Å²) in [5.74, 6) is 0.973. The molecule has 1 fully saturated rings. The maximum Gasteiger partial charge on any atom is 0.142 e. The summed E-state index contributed by atoms with van der Waals surface area (Å²) in [6, 6.07) is 8.62. The van der Waals surface area contributed by atoms with Gasteiger partial charge in [-0.15, -0.1) is 0 Å². The van der Waals surface area contributed by atoms with Gasteiger partial charge in [0.15, 0.2) is 0 Å². The lowest BCUT2D eigenvalue weighted by Gasteiger charge is -2.35. The van der Waals surface area contributed by atoms with Crippen LogP contribution >= 0.6 is 0 Å². The predicted molar refractivity (Wildman–Crippen MR) is 55.4 cm³/mol. The van der Waals surface area contributed by atoms with E-state index < -0.39 is 0 Å². The largest absolute Gasteiger partial charge is 0.489 e. The zero-order valence-corrected chi connectivity index (χ0v) is 8.02. The first kappa shape index (κ1) is 8.12. The summed E-state index contributed by atoms with van der Waals surface area (Å²) < 4.78 is 5.69. The highest BCUT2D eigenvalue weighted by atomic mass is 16.5. The summed E-state index contributed by atoms with van der Waals surface area (Å²) in [4.78, 5) is 2.30. The molecule has 0 bridgehead atoms. The minimum Gasteiger partial charge on any atom is -0.489 e. The van der Waals surface area contributed by atoms with Gasteiger partial charge in [0.05, 0.1) is 17.9 Å². The van der Waals surface area contributed by atoms with E-state index in [1.54, 1.807) is 0 Å². The molecule has 0 saturated carbocycles. The number of ether oxygens (including phenoxy) is 1. The molecule has 3 rings (SSSR count). The zero-order valence-electron chi connectivity index (χ0n) is 8.02. The second kappa shape index (κ2) is 2.89.